The van der Waals surface area contributed by atoms with Crippen LogP contribution in [0.4, 0.5) is 0 Å². The zero-order chi connectivity index (χ0) is 13.6. The van der Waals surface area contributed by atoms with Gasteiger partial charge in [0.1, 0.15) is 5.41 Å². The van der Waals surface area contributed by atoms with Crippen molar-refractivity contribution in [3.05, 3.63) is 35.4 Å². The summed E-state index contributed by atoms with van der Waals surface area (Å²) in [6, 6.07) is 7.91. The number of ether oxygens (including phenoxy) is 1. The van der Waals surface area contributed by atoms with E-state index in [1.165, 1.54) is 7.11 Å². The number of unbranched alkanes of at least 4 members (excludes halogenated alkanes) is 1. The lowest BCUT2D eigenvalue weighted by Crippen LogP contribution is -2.44. The molecule has 0 aliphatic heterocycles. The van der Waals surface area contributed by atoms with Gasteiger partial charge >= 0.3 is 5.97 Å². The number of benzene rings is 1. The van der Waals surface area contributed by atoms with E-state index in [1.807, 2.05) is 31.2 Å². The summed E-state index contributed by atoms with van der Waals surface area (Å²) in [7, 11) is 1.43. The summed E-state index contributed by atoms with van der Waals surface area (Å²) in [6.07, 6.45) is 2.72. The number of esters is 1. The molecule has 1 atom stereocenters. The minimum atomic E-state index is -0.698. The highest BCUT2D eigenvalue weighted by atomic mass is 16.5. The first kappa shape index (κ1) is 14.7. The van der Waals surface area contributed by atoms with Gasteiger partial charge in [0.2, 0.25) is 0 Å². The lowest BCUT2D eigenvalue weighted by atomic mass is 9.74. The molecule has 3 heteroatoms. The molecule has 1 rings (SSSR count). The van der Waals surface area contributed by atoms with Gasteiger partial charge in [-0.3, -0.25) is 4.79 Å². The third kappa shape index (κ3) is 2.72. The fourth-order valence-electron chi connectivity index (χ4n) is 2.43. The van der Waals surface area contributed by atoms with Gasteiger partial charge in [-0.1, -0.05) is 44.0 Å². The average Bonchev–Trinajstić information content (AvgIpc) is 2.41. The van der Waals surface area contributed by atoms with Crippen LogP contribution in [0.1, 0.15) is 37.3 Å². The van der Waals surface area contributed by atoms with E-state index < -0.39 is 5.41 Å². The smallest absolute Gasteiger partial charge is 0.317 e. The van der Waals surface area contributed by atoms with Crippen LogP contribution in [-0.2, 0) is 14.9 Å². The maximum atomic E-state index is 12.2. The quantitative estimate of drug-likeness (QED) is 0.788. The molecule has 0 fully saturated rings. The topological polar surface area (TPSA) is 52.3 Å². The molecule has 1 aromatic rings. The van der Waals surface area contributed by atoms with E-state index in [9.17, 15) is 4.79 Å². The molecule has 3 nitrogen and oxygen atoms in total. The van der Waals surface area contributed by atoms with Crippen molar-refractivity contribution in [2.24, 2.45) is 5.73 Å². The van der Waals surface area contributed by atoms with Gasteiger partial charge in [-0.2, -0.15) is 0 Å². The molecule has 0 aliphatic carbocycles. The van der Waals surface area contributed by atoms with Crippen LogP contribution in [0.2, 0.25) is 0 Å². The first-order valence-corrected chi connectivity index (χ1v) is 6.47. The molecule has 0 aliphatic rings. The van der Waals surface area contributed by atoms with Crippen molar-refractivity contribution in [3.63, 3.8) is 0 Å². The van der Waals surface area contributed by atoms with Gasteiger partial charge in [0, 0.05) is 6.54 Å². The Bertz CT molecular complexity index is 403. The van der Waals surface area contributed by atoms with Crippen LogP contribution >= 0.6 is 0 Å². The average molecular weight is 249 g/mol. The van der Waals surface area contributed by atoms with Crippen LogP contribution in [0.3, 0.4) is 0 Å². The van der Waals surface area contributed by atoms with E-state index in [4.69, 9.17) is 10.5 Å². The number of carbonyl (C=O) groups is 1. The van der Waals surface area contributed by atoms with Crippen LogP contribution in [0.15, 0.2) is 24.3 Å². The number of aryl methyl sites for hydroxylation is 1. The molecule has 1 unspecified atom stereocenters. The third-order valence-corrected chi connectivity index (χ3v) is 3.54. The Kier molecular flexibility index (Phi) is 5.35. The monoisotopic (exact) mass is 249 g/mol. The highest BCUT2D eigenvalue weighted by molar-refractivity contribution is 5.84. The molecule has 0 radical (unpaired) electrons. The van der Waals surface area contributed by atoms with Gasteiger partial charge in [0.25, 0.3) is 0 Å². The van der Waals surface area contributed by atoms with E-state index in [-0.39, 0.29) is 12.5 Å². The Hall–Kier alpha value is -1.35. The first-order chi connectivity index (χ1) is 8.62. The van der Waals surface area contributed by atoms with E-state index in [0.717, 1.165) is 30.4 Å². The Morgan fingerprint density at radius 1 is 1.39 bits per heavy atom. The molecule has 0 spiro atoms. The van der Waals surface area contributed by atoms with Crippen molar-refractivity contribution < 1.29 is 9.53 Å². The van der Waals surface area contributed by atoms with Crippen molar-refractivity contribution in [2.45, 2.75) is 38.5 Å². The second-order valence-electron chi connectivity index (χ2n) is 4.70. The number of rotatable bonds is 6. The van der Waals surface area contributed by atoms with Gasteiger partial charge < -0.3 is 10.5 Å². The van der Waals surface area contributed by atoms with Crippen molar-refractivity contribution in [2.75, 3.05) is 13.7 Å². The number of carbonyl (C=O) groups excluding carboxylic acids is 1. The SMILES string of the molecule is CCCCC(CN)(C(=O)OC)c1ccccc1C. The summed E-state index contributed by atoms with van der Waals surface area (Å²) in [6.45, 7) is 4.40. The largest absolute Gasteiger partial charge is 0.468 e. The molecule has 2 N–H and O–H groups in total. The predicted molar refractivity (Wildman–Crippen MR) is 73.5 cm³/mol. The van der Waals surface area contributed by atoms with E-state index >= 15 is 0 Å². The van der Waals surface area contributed by atoms with Crippen molar-refractivity contribution >= 4 is 5.97 Å². The Morgan fingerprint density at radius 3 is 2.56 bits per heavy atom. The molecule has 0 amide bonds. The summed E-state index contributed by atoms with van der Waals surface area (Å²) in [5.74, 6) is -0.229. The molecule has 0 saturated heterocycles. The van der Waals surface area contributed by atoms with Gasteiger partial charge in [-0.25, -0.2) is 0 Å². The third-order valence-electron chi connectivity index (χ3n) is 3.54. The van der Waals surface area contributed by atoms with Crippen LogP contribution in [0, 0.1) is 6.92 Å². The van der Waals surface area contributed by atoms with Gasteiger partial charge in [0.05, 0.1) is 7.11 Å². The molecular formula is C15H23NO2. The highest BCUT2D eigenvalue weighted by Gasteiger charge is 2.40. The predicted octanol–water partition coefficient (Wildman–Crippen LogP) is 2.55. The molecular weight excluding hydrogens is 226 g/mol. The maximum Gasteiger partial charge on any atom is 0.317 e. The Balaban J connectivity index is 3.25. The lowest BCUT2D eigenvalue weighted by molar-refractivity contribution is -0.147. The van der Waals surface area contributed by atoms with Crippen molar-refractivity contribution in [3.8, 4) is 0 Å². The molecule has 100 valence electrons. The molecule has 0 bridgehead atoms. The van der Waals surface area contributed by atoms with E-state index in [1.54, 1.807) is 0 Å². The highest BCUT2D eigenvalue weighted by Crippen LogP contribution is 2.32. The second-order valence-corrected chi connectivity index (χ2v) is 4.70. The molecule has 18 heavy (non-hydrogen) atoms. The summed E-state index contributed by atoms with van der Waals surface area (Å²) < 4.78 is 4.99. The first-order valence-electron chi connectivity index (χ1n) is 6.47. The summed E-state index contributed by atoms with van der Waals surface area (Å²) in [5.41, 5.74) is 7.31. The number of hydrogen-bond donors (Lipinski definition) is 1. The summed E-state index contributed by atoms with van der Waals surface area (Å²) in [5, 5.41) is 0. The van der Waals surface area contributed by atoms with Crippen molar-refractivity contribution in [1.82, 2.24) is 0 Å². The molecule has 0 heterocycles. The maximum absolute atomic E-state index is 12.2. The molecule has 0 saturated carbocycles. The van der Waals surface area contributed by atoms with E-state index in [2.05, 4.69) is 6.92 Å². The Labute approximate surface area is 109 Å². The minimum Gasteiger partial charge on any atom is -0.468 e. The number of methoxy groups -OCH3 is 1. The number of nitrogens with two attached hydrogens (primary N) is 1. The second kappa shape index (κ2) is 6.55. The Morgan fingerprint density at radius 2 is 2.06 bits per heavy atom. The zero-order valence-corrected chi connectivity index (χ0v) is 11.5. The van der Waals surface area contributed by atoms with Gasteiger partial charge in [-0.15, -0.1) is 0 Å². The van der Waals surface area contributed by atoms with Crippen LogP contribution in [0.25, 0.3) is 0 Å². The summed E-state index contributed by atoms with van der Waals surface area (Å²) >= 11 is 0. The minimum absolute atomic E-state index is 0.229. The molecule has 1 aromatic carbocycles. The standard InChI is InChI=1S/C15H23NO2/c1-4-5-10-15(11-16,14(17)18-3)13-9-7-6-8-12(13)2/h6-9H,4-5,10-11,16H2,1-3H3. The van der Waals surface area contributed by atoms with Crippen molar-refractivity contribution in [1.29, 1.82) is 0 Å². The normalized spacial score (nSPS) is 14.0. The fraction of sp³-hybridized carbons (Fsp3) is 0.533. The van der Waals surface area contributed by atoms with Crippen LogP contribution < -0.4 is 5.73 Å². The van der Waals surface area contributed by atoms with Crippen LogP contribution in [0.5, 0.6) is 0 Å². The fourth-order valence-corrected chi connectivity index (χ4v) is 2.43. The van der Waals surface area contributed by atoms with Gasteiger partial charge in [-0.05, 0) is 24.5 Å². The molecule has 0 aromatic heterocycles. The summed E-state index contributed by atoms with van der Waals surface area (Å²) in [4.78, 5) is 12.2. The van der Waals surface area contributed by atoms with E-state index in [0.29, 0.717) is 0 Å². The van der Waals surface area contributed by atoms with Gasteiger partial charge in [0.15, 0.2) is 0 Å². The number of hydrogen-bond acceptors (Lipinski definition) is 3. The zero-order valence-electron chi connectivity index (χ0n) is 11.5. The van der Waals surface area contributed by atoms with Crippen LogP contribution in [-0.4, -0.2) is 19.6 Å². The lowest BCUT2D eigenvalue weighted by Gasteiger charge is -2.31.